The maximum Gasteiger partial charge on any atom is 0.270 e. The first-order valence-corrected chi connectivity index (χ1v) is 7.93. The zero-order chi connectivity index (χ0) is 15.4. The van der Waals surface area contributed by atoms with Crippen molar-refractivity contribution in [2.75, 3.05) is 0 Å². The highest BCUT2D eigenvalue weighted by atomic mass is 16.5. The van der Waals surface area contributed by atoms with Crippen LogP contribution in [0.3, 0.4) is 0 Å². The predicted octanol–water partition coefficient (Wildman–Crippen LogP) is 4.40. The van der Waals surface area contributed by atoms with Crippen LogP contribution in [0, 0.1) is 0 Å². The van der Waals surface area contributed by atoms with Crippen molar-refractivity contribution >= 4 is 22.8 Å². The molecule has 0 saturated heterocycles. The van der Waals surface area contributed by atoms with Crippen LogP contribution >= 0.6 is 0 Å². The van der Waals surface area contributed by atoms with Gasteiger partial charge in [-0.05, 0) is 41.3 Å². The number of carbonyl (C=O) groups excluding carboxylic acids is 1. The van der Waals surface area contributed by atoms with E-state index >= 15 is 0 Å². The van der Waals surface area contributed by atoms with Crippen molar-refractivity contribution in [3.05, 3.63) is 54.1 Å². The van der Waals surface area contributed by atoms with Crippen LogP contribution < -0.4 is 0 Å². The van der Waals surface area contributed by atoms with Gasteiger partial charge < -0.3 is 0 Å². The Balaban J connectivity index is 1.70. The number of hydrogen-bond donors (Lipinski definition) is 1. The van der Waals surface area contributed by atoms with Crippen molar-refractivity contribution in [3.8, 4) is 0 Å². The summed E-state index contributed by atoms with van der Waals surface area (Å²) in [5.74, 6) is -0.333. The van der Waals surface area contributed by atoms with Crippen LogP contribution in [0.25, 0.3) is 16.8 Å². The van der Waals surface area contributed by atoms with Crippen LogP contribution in [0.5, 0.6) is 0 Å². The Labute approximate surface area is 130 Å². The van der Waals surface area contributed by atoms with Gasteiger partial charge in [0.1, 0.15) is 0 Å². The lowest BCUT2D eigenvalue weighted by atomic mass is 9.95. The molecule has 0 unspecified atom stereocenters. The summed E-state index contributed by atoms with van der Waals surface area (Å²) in [7, 11) is 0. The van der Waals surface area contributed by atoms with Crippen LogP contribution in [0.1, 0.15) is 37.7 Å². The van der Waals surface area contributed by atoms with Crippen LogP contribution in [0.4, 0.5) is 0 Å². The molecular weight excluding hydrogens is 274 g/mol. The Morgan fingerprint density at radius 1 is 1.05 bits per heavy atom. The fraction of sp³-hybridized carbons (Fsp3) is 0.316. The van der Waals surface area contributed by atoms with Crippen molar-refractivity contribution in [2.45, 2.75) is 38.1 Å². The summed E-state index contributed by atoms with van der Waals surface area (Å²) in [5.41, 5.74) is 0.962. The zero-order valence-corrected chi connectivity index (χ0v) is 12.6. The molecule has 1 amide bonds. The van der Waals surface area contributed by atoms with E-state index in [0.29, 0.717) is 0 Å². The fourth-order valence-corrected chi connectivity index (χ4v) is 3.06. The maximum absolute atomic E-state index is 12.1. The number of fused-ring (bicyclic) bond motifs is 1. The van der Waals surface area contributed by atoms with Gasteiger partial charge in [0.05, 0.1) is 6.04 Å². The van der Waals surface area contributed by atoms with E-state index in [4.69, 9.17) is 0 Å². The maximum atomic E-state index is 12.1. The summed E-state index contributed by atoms with van der Waals surface area (Å²) in [5, 5.41) is 13.3. The van der Waals surface area contributed by atoms with Gasteiger partial charge in [0.15, 0.2) is 0 Å². The lowest BCUT2D eigenvalue weighted by Crippen LogP contribution is -2.37. The fourth-order valence-electron chi connectivity index (χ4n) is 3.06. The molecule has 0 heterocycles. The third kappa shape index (κ3) is 3.37. The number of hydroxylamine groups is 2. The summed E-state index contributed by atoms with van der Waals surface area (Å²) in [6, 6.07) is 14.2. The van der Waals surface area contributed by atoms with Gasteiger partial charge in [-0.25, -0.2) is 5.06 Å². The minimum Gasteiger partial charge on any atom is -0.285 e. The second kappa shape index (κ2) is 6.75. The van der Waals surface area contributed by atoms with Crippen LogP contribution in [-0.2, 0) is 4.79 Å². The van der Waals surface area contributed by atoms with E-state index in [2.05, 4.69) is 12.1 Å². The van der Waals surface area contributed by atoms with Gasteiger partial charge >= 0.3 is 0 Å². The predicted molar refractivity (Wildman–Crippen MR) is 88.5 cm³/mol. The number of rotatable bonds is 3. The Morgan fingerprint density at radius 3 is 2.55 bits per heavy atom. The Kier molecular flexibility index (Phi) is 4.54. The number of nitrogens with zero attached hydrogens (tertiary/aromatic N) is 1. The molecule has 0 aromatic heterocycles. The highest BCUT2D eigenvalue weighted by Gasteiger charge is 2.22. The smallest absolute Gasteiger partial charge is 0.270 e. The molecule has 1 aliphatic carbocycles. The molecule has 2 aromatic rings. The molecule has 0 radical (unpaired) electrons. The van der Waals surface area contributed by atoms with Gasteiger partial charge in [-0.2, -0.15) is 0 Å². The number of amides is 1. The minimum atomic E-state index is -0.333. The lowest BCUT2D eigenvalue weighted by Gasteiger charge is -2.28. The highest BCUT2D eigenvalue weighted by molar-refractivity contribution is 5.92. The first-order chi connectivity index (χ1) is 10.7. The van der Waals surface area contributed by atoms with Crippen LogP contribution in [0.15, 0.2) is 48.5 Å². The zero-order valence-electron chi connectivity index (χ0n) is 12.6. The Bertz CT molecular complexity index is 687. The molecular formula is C19H21NO2. The van der Waals surface area contributed by atoms with E-state index in [1.54, 1.807) is 6.08 Å². The lowest BCUT2D eigenvalue weighted by molar-refractivity contribution is -0.172. The van der Waals surface area contributed by atoms with E-state index in [1.807, 2.05) is 30.3 Å². The summed E-state index contributed by atoms with van der Waals surface area (Å²) < 4.78 is 0. The average molecular weight is 295 g/mol. The molecule has 0 spiro atoms. The molecule has 0 aliphatic heterocycles. The summed E-state index contributed by atoms with van der Waals surface area (Å²) in [4.78, 5) is 12.1. The quantitative estimate of drug-likeness (QED) is 0.518. The third-order valence-corrected chi connectivity index (χ3v) is 4.34. The molecule has 1 N–H and O–H groups in total. The van der Waals surface area contributed by atoms with E-state index in [0.717, 1.165) is 41.7 Å². The summed E-state index contributed by atoms with van der Waals surface area (Å²) >= 11 is 0. The Morgan fingerprint density at radius 2 is 1.77 bits per heavy atom. The molecule has 1 saturated carbocycles. The molecule has 22 heavy (non-hydrogen) atoms. The van der Waals surface area contributed by atoms with E-state index < -0.39 is 0 Å². The van der Waals surface area contributed by atoms with Crippen LogP contribution in [0.2, 0.25) is 0 Å². The molecule has 3 rings (SSSR count). The SMILES string of the molecule is O=C(C=Cc1ccc2ccccc2c1)N(O)C1CCCCC1. The van der Waals surface area contributed by atoms with Crippen LogP contribution in [-0.4, -0.2) is 22.2 Å². The average Bonchev–Trinajstić information content (AvgIpc) is 2.59. The van der Waals surface area contributed by atoms with Gasteiger partial charge in [0, 0.05) is 6.08 Å². The first kappa shape index (κ1) is 14.8. The largest absolute Gasteiger partial charge is 0.285 e. The molecule has 2 aromatic carbocycles. The summed E-state index contributed by atoms with van der Waals surface area (Å²) in [6.07, 6.45) is 8.38. The van der Waals surface area contributed by atoms with E-state index in [-0.39, 0.29) is 11.9 Å². The molecule has 0 atom stereocenters. The van der Waals surface area contributed by atoms with E-state index in [9.17, 15) is 10.0 Å². The topological polar surface area (TPSA) is 40.5 Å². The van der Waals surface area contributed by atoms with Gasteiger partial charge in [-0.3, -0.25) is 10.0 Å². The second-order valence-electron chi connectivity index (χ2n) is 5.91. The summed E-state index contributed by atoms with van der Waals surface area (Å²) in [6.45, 7) is 0. The van der Waals surface area contributed by atoms with Gasteiger partial charge in [-0.1, -0.05) is 55.7 Å². The standard InChI is InChI=1S/C19H21NO2/c21-19(20(22)18-8-2-1-3-9-18)13-11-15-10-12-16-6-4-5-7-17(16)14-15/h4-7,10-14,18,22H,1-3,8-9H2. The normalized spacial score (nSPS) is 16.2. The van der Waals surface area contributed by atoms with Crippen molar-refractivity contribution in [1.82, 2.24) is 5.06 Å². The molecule has 3 nitrogen and oxygen atoms in total. The molecule has 1 aliphatic rings. The first-order valence-electron chi connectivity index (χ1n) is 7.93. The van der Waals surface area contributed by atoms with E-state index in [1.165, 1.54) is 17.9 Å². The number of carbonyl (C=O) groups is 1. The molecule has 1 fully saturated rings. The monoisotopic (exact) mass is 295 g/mol. The van der Waals surface area contributed by atoms with Crippen molar-refractivity contribution in [1.29, 1.82) is 0 Å². The number of benzene rings is 2. The van der Waals surface area contributed by atoms with Crippen molar-refractivity contribution in [3.63, 3.8) is 0 Å². The minimum absolute atomic E-state index is 0.0255. The molecule has 114 valence electrons. The number of hydrogen-bond acceptors (Lipinski definition) is 2. The van der Waals surface area contributed by atoms with Crippen molar-refractivity contribution in [2.24, 2.45) is 0 Å². The Hall–Kier alpha value is -2.13. The second-order valence-corrected chi connectivity index (χ2v) is 5.91. The van der Waals surface area contributed by atoms with Gasteiger partial charge in [0.25, 0.3) is 5.91 Å². The molecule has 0 bridgehead atoms. The third-order valence-electron chi connectivity index (χ3n) is 4.34. The van der Waals surface area contributed by atoms with Crippen molar-refractivity contribution < 1.29 is 10.0 Å². The highest BCUT2D eigenvalue weighted by Crippen LogP contribution is 2.22. The van der Waals surface area contributed by atoms with Gasteiger partial charge in [0.2, 0.25) is 0 Å². The molecule has 3 heteroatoms. The van der Waals surface area contributed by atoms with Gasteiger partial charge in [-0.15, -0.1) is 0 Å².